The summed E-state index contributed by atoms with van der Waals surface area (Å²) in [5, 5.41) is 11.8. The lowest BCUT2D eigenvalue weighted by Crippen LogP contribution is -2.19. The number of aliphatic hydroxyl groups is 1. The van der Waals surface area contributed by atoms with E-state index >= 15 is 0 Å². The summed E-state index contributed by atoms with van der Waals surface area (Å²) in [5.74, 6) is -0.482. The molecule has 0 spiro atoms. The topological polar surface area (TPSA) is 49.3 Å². The van der Waals surface area contributed by atoms with Crippen LogP contribution in [0.3, 0.4) is 0 Å². The van der Waals surface area contributed by atoms with Gasteiger partial charge in [0.2, 0.25) is 0 Å². The van der Waals surface area contributed by atoms with Gasteiger partial charge in [0.05, 0.1) is 0 Å². The molecule has 0 aromatic heterocycles. The van der Waals surface area contributed by atoms with Crippen molar-refractivity contribution in [3.05, 3.63) is 11.8 Å². The zero-order valence-electron chi connectivity index (χ0n) is 8.51. The molecule has 72 valence electrons. The average molecular weight is 173 g/mol. The molecule has 0 aliphatic rings. The van der Waals surface area contributed by atoms with Gasteiger partial charge < -0.3 is 10.4 Å². The second-order valence-electron chi connectivity index (χ2n) is 2.19. The minimum Gasteiger partial charge on any atom is -0.505 e. The molecular formula is C9H19NO2. The highest BCUT2D eigenvalue weighted by Crippen LogP contribution is 1.92. The predicted octanol–water partition coefficient (Wildman–Crippen LogP) is 1.65. The number of carbonyl (C=O) groups is 1. The fourth-order valence-electron chi connectivity index (χ4n) is 0.437. The molecule has 1 unspecified atom stereocenters. The lowest BCUT2D eigenvalue weighted by atomic mass is 10.2. The largest absolute Gasteiger partial charge is 0.505 e. The van der Waals surface area contributed by atoms with E-state index in [1.54, 1.807) is 7.05 Å². The third kappa shape index (κ3) is 7.28. The van der Waals surface area contributed by atoms with Crippen molar-refractivity contribution in [3.63, 3.8) is 0 Å². The molecule has 0 aromatic carbocycles. The SMILES string of the molecule is CC.CNC(C)/C=C(\O)C(C)=O. The van der Waals surface area contributed by atoms with Gasteiger partial charge in [-0.25, -0.2) is 0 Å². The second kappa shape index (κ2) is 8.27. The molecule has 0 rings (SSSR count). The van der Waals surface area contributed by atoms with E-state index in [0.29, 0.717) is 0 Å². The fraction of sp³-hybridized carbons (Fsp3) is 0.667. The van der Waals surface area contributed by atoms with E-state index in [0.717, 1.165) is 0 Å². The zero-order chi connectivity index (χ0) is 10.1. The van der Waals surface area contributed by atoms with Crippen LogP contribution in [0, 0.1) is 0 Å². The first-order valence-corrected chi connectivity index (χ1v) is 4.17. The summed E-state index contributed by atoms with van der Waals surface area (Å²) >= 11 is 0. The summed E-state index contributed by atoms with van der Waals surface area (Å²) in [7, 11) is 1.76. The normalized spacial score (nSPS) is 12.9. The molecule has 0 bridgehead atoms. The van der Waals surface area contributed by atoms with Crippen LogP contribution in [0.1, 0.15) is 27.7 Å². The quantitative estimate of drug-likeness (QED) is 0.504. The highest BCUT2D eigenvalue weighted by Gasteiger charge is 2.00. The van der Waals surface area contributed by atoms with Crippen LogP contribution >= 0.6 is 0 Å². The number of nitrogens with one attached hydrogen (secondary N) is 1. The standard InChI is InChI=1S/C7H13NO2.C2H6/c1-5(8-3)4-7(10)6(2)9;1-2/h4-5,8,10H,1-3H3;1-2H3/b7-4-;. The zero-order valence-corrected chi connectivity index (χ0v) is 8.51. The summed E-state index contributed by atoms with van der Waals surface area (Å²) in [6, 6.07) is 0.0314. The maximum absolute atomic E-state index is 10.4. The maximum Gasteiger partial charge on any atom is 0.193 e. The van der Waals surface area contributed by atoms with E-state index in [4.69, 9.17) is 5.11 Å². The summed E-state index contributed by atoms with van der Waals surface area (Å²) in [6.45, 7) is 7.17. The Morgan fingerprint density at radius 2 is 1.92 bits per heavy atom. The number of rotatable bonds is 3. The summed E-state index contributed by atoms with van der Waals surface area (Å²) < 4.78 is 0. The molecule has 0 heterocycles. The van der Waals surface area contributed by atoms with Crippen molar-refractivity contribution in [3.8, 4) is 0 Å². The Morgan fingerprint density at radius 1 is 1.50 bits per heavy atom. The molecule has 0 saturated heterocycles. The first-order chi connectivity index (χ1) is 5.57. The van der Waals surface area contributed by atoms with Gasteiger partial charge in [-0.15, -0.1) is 0 Å². The number of Topliss-reactive ketones (excluding diaryl/α,β-unsaturated/α-hetero) is 1. The van der Waals surface area contributed by atoms with Crippen LogP contribution in [0.2, 0.25) is 0 Å². The van der Waals surface area contributed by atoms with Gasteiger partial charge in [0, 0.05) is 13.0 Å². The maximum atomic E-state index is 10.4. The molecule has 0 aliphatic heterocycles. The monoisotopic (exact) mass is 173 g/mol. The van der Waals surface area contributed by atoms with E-state index in [1.807, 2.05) is 20.8 Å². The number of carbonyl (C=O) groups excluding carboxylic acids is 1. The Balaban J connectivity index is 0. The van der Waals surface area contributed by atoms with Crippen molar-refractivity contribution in [2.75, 3.05) is 7.05 Å². The van der Waals surface area contributed by atoms with E-state index in [1.165, 1.54) is 13.0 Å². The van der Waals surface area contributed by atoms with Crippen LogP contribution < -0.4 is 5.32 Å². The van der Waals surface area contributed by atoms with Crippen LogP contribution in [0.15, 0.2) is 11.8 Å². The molecule has 0 aliphatic carbocycles. The molecule has 3 heteroatoms. The van der Waals surface area contributed by atoms with Gasteiger partial charge in [0.1, 0.15) is 0 Å². The van der Waals surface area contributed by atoms with Crippen LogP contribution in [0.25, 0.3) is 0 Å². The lowest BCUT2D eigenvalue weighted by Gasteiger charge is -2.02. The third-order valence-corrected chi connectivity index (χ3v) is 1.22. The molecule has 0 aromatic rings. The number of likely N-dealkylation sites (N-methyl/N-ethyl adjacent to an activating group) is 1. The van der Waals surface area contributed by atoms with E-state index in [9.17, 15) is 4.79 Å². The van der Waals surface area contributed by atoms with Gasteiger partial charge in [-0.3, -0.25) is 4.79 Å². The van der Waals surface area contributed by atoms with Crippen LogP contribution in [-0.2, 0) is 4.79 Å². The number of hydrogen-bond acceptors (Lipinski definition) is 3. The van der Waals surface area contributed by atoms with Crippen LogP contribution in [0.4, 0.5) is 0 Å². The molecule has 1 atom stereocenters. The van der Waals surface area contributed by atoms with Gasteiger partial charge in [0.25, 0.3) is 0 Å². The second-order valence-corrected chi connectivity index (χ2v) is 2.19. The highest BCUT2D eigenvalue weighted by molar-refractivity contribution is 5.90. The molecule has 0 fully saturated rings. The first kappa shape index (κ1) is 13.7. The molecule has 0 saturated carbocycles. The smallest absolute Gasteiger partial charge is 0.193 e. The average Bonchev–Trinajstić information content (AvgIpc) is 2.07. The van der Waals surface area contributed by atoms with Crippen molar-refractivity contribution in [1.82, 2.24) is 5.32 Å². The highest BCUT2D eigenvalue weighted by atomic mass is 16.3. The lowest BCUT2D eigenvalue weighted by molar-refractivity contribution is -0.116. The number of aliphatic hydroxyl groups excluding tert-OH is 1. The van der Waals surface area contributed by atoms with Crippen LogP contribution in [-0.4, -0.2) is 24.0 Å². The van der Waals surface area contributed by atoms with Crippen molar-refractivity contribution < 1.29 is 9.90 Å². The fourth-order valence-corrected chi connectivity index (χ4v) is 0.437. The van der Waals surface area contributed by atoms with E-state index in [2.05, 4.69) is 5.32 Å². The Labute approximate surface area is 74.5 Å². The van der Waals surface area contributed by atoms with Gasteiger partial charge >= 0.3 is 0 Å². The van der Waals surface area contributed by atoms with Crippen molar-refractivity contribution >= 4 is 5.78 Å². The minimum atomic E-state index is -0.304. The van der Waals surface area contributed by atoms with Gasteiger partial charge in [-0.1, -0.05) is 13.8 Å². The van der Waals surface area contributed by atoms with Crippen molar-refractivity contribution in [2.45, 2.75) is 33.7 Å². The molecule has 0 amide bonds. The van der Waals surface area contributed by atoms with E-state index in [-0.39, 0.29) is 17.6 Å². The summed E-state index contributed by atoms with van der Waals surface area (Å²) in [5.41, 5.74) is 0. The van der Waals surface area contributed by atoms with Gasteiger partial charge in [-0.2, -0.15) is 0 Å². The number of allylic oxidation sites excluding steroid dienone is 1. The number of hydrogen-bond donors (Lipinski definition) is 2. The first-order valence-electron chi connectivity index (χ1n) is 4.17. The third-order valence-electron chi connectivity index (χ3n) is 1.22. The van der Waals surface area contributed by atoms with Gasteiger partial charge in [-0.05, 0) is 20.0 Å². The molecule has 0 radical (unpaired) electrons. The molecular weight excluding hydrogens is 154 g/mol. The minimum absolute atomic E-state index is 0.0314. The molecule has 2 N–H and O–H groups in total. The number of ketones is 1. The van der Waals surface area contributed by atoms with Gasteiger partial charge in [0.15, 0.2) is 11.5 Å². The molecule has 12 heavy (non-hydrogen) atoms. The predicted molar refractivity (Wildman–Crippen MR) is 51.3 cm³/mol. The Bertz CT molecular complexity index is 153. The van der Waals surface area contributed by atoms with Crippen LogP contribution in [0.5, 0.6) is 0 Å². The Kier molecular flexibility index (Phi) is 9.47. The Morgan fingerprint density at radius 3 is 2.17 bits per heavy atom. The van der Waals surface area contributed by atoms with Crippen molar-refractivity contribution in [2.24, 2.45) is 0 Å². The molecule has 3 nitrogen and oxygen atoms in total. The van der Waals surface area contributed by atoms with E-state index < -0.39 is 0 Å². The summed E-state index contributed by atoms with van der Waals surface area (Å²) in [6.07, 6.45) is 1.47. The summed E-state index contributed by atoms with van der Waals surface area (Å²) in [4.78, 5) is 10.4. The Hall–Kier alpha value is -0.830. The van der Waals surface area contributed by atoms with Crippen molar-refractivity contribution in [1.29, 1.82) is 0 Å².